The van der Waals surface area contributed by atoms with Crippen molar-refractivity contribution in [2.75, 3.05) is 24.1 Å². The molecule has 3 rings (SSSR count). The molecule has 4 N–H and O–H groups in total. The van der Waals surface area contributed by atoms with E-state index in [0.717, 1.165) is 11.3 Å². The molecule has 1 amide bonds. The number of amides is 1. The topological polar surface area (TPSA) is 121 Å². The lowest BCUT2D eigenvalue weighted by molar-refractivity contribution is -0.145. The Balaban J connectivity index is 1.71. The second-order valence-corrected chi connectivity index (χ2v) is 6.89. The fraction of sp³-hybridized carbons (Fsp3) is 0.368. The van der Waals surface area contributed by atoms with E-state index in [0.29, 0.717) is 37.6 Å². The summed E-state index contributed by atoms with van der Waals surface area (Å²) < 4.78 is 0. The first kappa shape index (κ1) is 18.8. The van der Waals surface area contributed by atoms with E-state index < -0.39 is 17.8 Å². The number of carboxylic acid groups (broad SMARTS) is 1. The molecule has 2 atom stereocenters. The van der Waals surface area contributed by atoms with Crippen LogP contribution in [0, 0.1) is 18.8 Å². The van der Waals surface area contributed by atoms with Crippen molar-refractivity contribution in [2.45, 2.75) is 19.9 Å². The number of aromatic nitrogens is 2. The number of pyridine rings is 2. The third-order valence-electron chi connectivity index (χ3n) is 4.75. The Morgan fingerprint density at radius 3 is 2.70 bits per heavy atom. The average molecular weight is 369 g/mol. The maximum absolute atomic E-state index is 12.7. The number of carboxylic acids is 1. The molecule has 1 fully saturated rings. The van der Waals surface area contributed by atoms with E-state index in [2.05, 4.69) is 15.3 Å². The van der Waals surface area contributed by atoms with Crippen LogP contribution in [0.5, 0.6) is 0 Å². The summed E-state index contributed by atoms with van der Waals surface area (Å²) in [4.78, 5) is 34.4. The minimum Gasteiger partial charge on any atom is -0.481 e. The fourth-order valence-corrected chi connectivity index (χ4v) is 3.30. The number of aryl methyl sites for hydroxylation is 1. The number of nitrogens with one attached hydrogen (secondary N) is 1. The number of anilines is 2. The molecule has 142 valence electrons. The predicted molar refractivity (Wildman–Crippen MR) is 101 cm³/mol. The number of hydrogen-bond donors (Lipinski definition) is 3. The third-order valence-corrected chi connectivity index (χ3v) is 4.75. The quantitative estimate of drug-likeness (QED) is 0.730. The van der Waals surface area contributed by atoms with Crippen molar-refractivity contribution >= 4 is 23.4 Å². The first-order chi connectivity index (χ1) is 12.9. The molecule has 8 heteroatoms. The monoisotopic (exact) mass is 369 g/mol. The van der Waals surface area contributed by atoms with Gasteiger partial charge in [0.1, 0.15) is 5.82 Å². The first-order valence-corrected chi connectivity index (χ1v) is 8.80. The van der Waals surface area contributed by atoms with Gasteiger partial charge in [0.25, 0.3) is 0 Å². The van der Waals surface area contributed by atoms with Gasteiger partial charge < -0.3 is 16.2 Å². The Hall–Kier alpha value is -3.00. The maximum Gasteiger partial charge on any atom is 0.307 e. The van der Waals surface area contributed by atoms with Crippen LogP contribution in [0.3, 0.4) is 0 Å². The number of nitrogens with two attached hydrogens (primary N) is 1. The third kappa shape index (κ3) is 4.79. The van der Waals surface area contributed by atoms with E-state index in [1.165, 1.54) is 0 Å². The fourth-order valence-electron chi connectivity index (χ4n) is 3.30. The van der Waals surface area contributed by atoms with E-state index in [-0.39, 0.29) is 5.91 Å². The van der Waals surface area contributed by atoms with Gasteiger partial charge in [0.05, 0.1) is 23.7 Å². The lowest BCUT2D eigenvalue weighted by atomic mass is 9.88. The van der Waals surface area contributed by atoms with Gasteiger partial charge >= 0.3 is 5.97 Å². The molecule has 0 radical (unpaired) electrons. The molecule has 1 saturated heterocycles. The molecule has 2 aromatic rings. The van der Waals surface area contributed by atoms with Crippen LogP contribution in [0.25, 0.3) is 0 Å². The van der Waals surface area contributed by atoms with Crippen LogP contribution in [0.1, 0.15) is 17.7 Å². The van der Waals surface area contributed by atoms with E-state index in [9.17, 15) is 14.7 Å². The van der Waals surface area contributed by atoms with Crippen molar-refractivity contribution in [3.05, 3.63) is 47.9 Å². The largest absolute Gasteiger partial charge is 0.481 e. The minimum absolute atomic E-state index is 0.198. The molecule has 8 nitrogen and oxygen atoms in total. The Morgan fingerprint density at radius 1 is 1.26 bits per heavy atom. The molecule has 27 heavy (non-hydrogen) atoms. The highest BCUT2D eigenvalue weighted by Gasteiger charge is 2.35. The summed E-state index contributed by atoms with van der Waals surface area (Å²) in [6.07, 6.45) is 3.51. The number of piperidine rings is 1. The van der Waals surface area contributed by atoms with Crippen LogP contribution in [-0.2, 0) is 16.1 Å². The highest BCUT2D eigenvalue weighted by molar-refractivity contribution is 5.93. The summed E-state index contributed by atoms with van der Waals surface area (Å²) in [5, 5.41) is 12.3. The smallest absolute Gasteiger partial charge is 0.307 e. The van der Waals surface area contributed by atoms with Crippen LogP contribution < -0.4 is 11.1 Å². The second kappa shape index (κ2) is 8.13. The Bertz CT molecular complexity index is 824. The molecule has 2 aromatic heterocycles. The van der Waals surface area contributed by atoms with Gasteiger partial charge in [-0.15, -0.1) is 0 Å². The highest BCUT2D eigenvalue weighted by Crippen LogP contribution is 2.26. The lowest BCUT2D eigenvalue weighted by Gasteiger charge is -2.35. The maximum atomic E-state index is 12.7. The number of hydrogen-bond acceptors (Lipinski definition) is 6. The van der Waals surface area contributed by atoms with Gasteiger partial charge in [0.15, 0.2) is 0 Å². The van der Waals surface area contributed by atoms with Crippen LogP contribution in [-0.4, -0.2) is 44.9 Å². The van der Waals surface area contributed by atoms with E-state index in [4.69, 9.17) is 5.73 Å². The van der Waals surface area contributed by atoms with Crippen molar-refractivity contribution < 1.29 is 14.7 Å². The number of carbonyl (C=O) groups is 2. The number of aliphatic carboxylic acids is 1. The van der Waals surface area contributed by atoms with Gasteiger partial charge in [-0.3, -0.25) is 19.5 Å². The molecule has 1 aliphatic rings. The average Bonchev–Trinajstić information content (AvgIpc) is 2.65. The zero-order valence-electron chi connectivity index (χ0n) is 15.1. The molecular formula is C19H23N5O3. The minimum atomic E-state index is -0.895. The second-order valence-electron chi connectivity index (χ2n) is 6.89. The number of rotatable bonds is 5. The molecule has 0 saturated carbocycles. The molecule has 0 aliphatic carbocycles. The number of nitrogens with zero attached hydrogens (tertiary/aromatic N) is 3. The molecule has 0 bridgehead atoms. The number of likely N-dealkylation sites (tertiary alicyclic amines) is 1. The number of nitrogen functional groups attached to an aromatic ring is 1. The van der Waals surface area contributed by atoms with Gasteiger partial charge in [-0.25, -0.2) is 4.98 Å². The van der Waals surface area contributed by atoms with Crippen molar-refractivity contribution in [1.82, 2.24) is 14.9 Å². The summed E-state index contributed by atoms with van der Waals surface area (Å²) in [5.41, 5.74) is 8.19. The summed E-state index contributed by atoms with van der Waals surface area (Å²) in [6.45, 7) is 3.16. The molecular weight excluding hydrogens is 346 g/mol. The van der Waals surface area contributed by atoms with E-state index in [1.807, 2.05) is 24.0 Å². The van der Waals surface area contributed by atoms with Gasteiger partial charge in [-0.05, 0) is 31.5 Å². The lowest BCUT2D eigenvalue weighted by Crippen LogP contribution is -2.46. The Labute approximate surface area is 157 Å². The van der Waals surface area contributed by atoms with Crippen LogP contribution in [0.15, 0.2) is 36.7 Å². The Kier molecular flexibility index (Phi) is 5.66. The van der Waals surface area contributed by atoms with Crippen molar-refractivity contribution in [3.8, 4) is 0 Å². The molecule has 0 aromatic carbocycles. The number of carbonyl (C=O) groups excluding carboxylic acids is 1. The van der Waals surface area contributed by atoms with Gasteiger partial charge in [0.2, 0.25) is 5.91 Å². The van der Waals surface area contributed by atoms with Crippen molar-refractivity contribution in [1.29, 1.82) is 0 Å². The van der Waals surface area contributed by atoms with Gasteiger partial charge in [-0.1, -0.05) is 6.07 Å². The standard InChI is InChI=1S/C19H23N5O3/c1-12-4-5-16(8-22-12)23-18(25)14-7-15(19(26)27)11-24(10-14)9-13-3-2-6-21-17(13)20/h2-6,8,14-15H,7,9-11H2,1H3,(H2,20,21)(H,23,25)(H,26,27)/t14-,15+/m1/s1. The molecule has 0 spiro atoms. The highest BCUT2D eigenvalue weighted by atomic mass is 16.4. The van der Waals surface area contributed by atoms with Crippen LogP contribution in [0.4, 0.5) is 11.5 Å². The van der Waals surface area contributed by atoms with E-state index >= 15 is 0 Å². The van der Waals surface area contributed by atoms with Gasteiger partial charge in [-0.2, -0.15) is 0 Å². The van der Waals surface area contributed by atoms with Crippen LogP contribution >= 0.6 is 0 Å². The molecule has 3 heterocycles. The van der Waals surface area contributed by atoms with Crippen LogP contribution in [0.2, 0.25) is 0 Å². The van der Waals surface area contributed by atoms with Gasteiger partial charge in [0, 0.05) is 37.1 Å². The summed E-state index contributed by atoms with van der Waals surface area (Å²) in [6, 6.07) is 7.25. The SMILES string of the molecule is Cc1ccc(NC(=O)[C@@H]2C[C@H](C(=O)O)CN(Cc3cccnc3N)C2)cn1. The summed E-state index contributed by atoms with van der Waals surface area (Å²) in [5.74, 6) is -1.71. The Morgan fingerprint density at radius 2 is 2.04 bits per heavy atom. The molecule has 1 aliphatic heterocycles. The first-order valence-electron chi connectivity index (χ1n) is 8.80. The summed E-state index contributed by atoms with van der Waals surface area (Å²) >= 11 is 0. The van der Waals surface area contributed by atoms with Crippen molar-refractivity contribution in [2.24, 2.45) is 11.8 Å². The van der Waals surface area contributed by atoms with E-state index in [1.54, 1.807) is 24.5 Å². The normalized spacial score (nSPS) is 20.2. The van der Waals surface area contributed by atoms with Crippen molar-refractivity contribution in [3.63, 3.8) is 0 Å². The summed E-state index contributed by atoms with van der Waals surface area (Å²) in [7, 11) is 0. The zero-order chi connectivity index (χ0) is 19.4. The zero-order valence-corrected chi connectivity index (χ0v) is 15.1. The predicted octanol–water partition coefficient (Wildman–Crippen LogP) is 1.53. The molecule has 0 unspecified atom stereocenters.